The van der Waals surface area contributed by atoms with Crippen LogP contribution >= 0.6 is 11.3 Å². The summed E-state index contributed by atoms with van der Waals surface area (Å²) in [5.74, 6) is -0.682. The number of nitrogens with zero attached hydrogens (tertiary/aromatic N) is 1. The van der Waals surface area contributed by atoms with E-state index in [2.05, 4.69) is 15.6 Å². The van der Waals surface area contributed by atoms with E-state index < -0.39 is 5.91 Å². The van der Waals surface area contributed by atoms with Gasteiger partial charge in [0.1, 0.15) is 10.7 Å². The van der Waals surface area contributed by atoms with Crippen LogP contribution in [0.4, 0.5) is 16.6 Å². The zero-order chi connectivity index (χ0) is 15.4. The van der Waals surface area contributed by atoms with Crippen LogP contribution in [0.15, 0.2) is 24.3 Å². The van der Waals surface area contributed by atoms with Crippen LogP contribution < -0.4 is 22.1 Å². The highest BCUT2D eigenvalue weighted by atomic mass is 32.1. The topological polar surface area (TPSA) is 123 Å². The van der Waals surface area contributed by atoms with E-state index in [1.54, 1.807) is 12.1 Å². The van der Waals surface area contributed by atoms with E-state index >= 15 is 0 Å². The highest BCUT2D eigenvalue weighted by molar-refractivity contribution is 7.18. The van der Waals surface area contributed by atoms with Crippen molar-refractivity contribution in [1.82, 2.24) is 4.98 Å². The molecule has 0 spiro atoms. The maximum atomic E-state index is 12.1. The molecular weight excluding hydrogens is 290 g/mol. The summed E-state index contributed by atoms with van der Waals surface area (Å²) in [6.45, 7) is 2.63. The molecule has 0 atom stereocenters. The third kappa shape index (κ3) is 3.48. The monoisotopic (exact) mass is 305 g/mol. The molecule has 2 amide bonds. The molecule has 1 aromatic heterocycles. The first-order chi connectivity index (χ1) is 10.0. The quantitative estimate of drug-likeness (QED) is 0.666. The summed E-state index contributed by atoms with van der Waals surface area (Å²) in [6.07, 6.45) is 0. The van der Waals surface area contributed by atoms with Crippen LogP contribution in [0.3, 0.4) is 0 Å². The molecule has 7 nitrogen and oxygen atoms in total. The number of primary amides is 1. The van der Waals surface area contributed by atoms with Crippen LogP contribution in [-0.4, -0.2) is 23.3 Å². The number of hydrogen-bond donors (Lipinski definition) is 4. The minimum atomic E-state index is -0.519. The van der Waals surface area contributed by atoms with Gasteiger partial charge in [-0.1, -0.05) is 11.3 Å². The first kappa shape index (κ1) is 14.8. The number of nitrogens with one attached hydrogen (secondary N) is 2. The second-order valence-electron chi connectivity index (χ2n) is 4.16. The van der Waals surface area contributed by atoms with Gasteiger partial charge in [-0.25, -0.2) is 4.98 Å². The van der Waals surface area contributed by atoms with Gasteiger partial charge in [0.2, 0.25) is 5.91 Å². The lowest BCUT2D eigenvalue weighted by atomic mass is 10.2. The van der Waals surface area contributed by atoms with Gasteiger partial charge in [-0.15, -0.1) is 0 Å². The molecular formula is C13H15N5O2S. The number of aromatic nitrogens is 1. The Hall–Kier alpha value is -2.61. The van der Waals surface area contributed by atoms with Gasteiger partial charge in [-0.05, 0) is 31.2 Å². The fourth-order valence-corrected chi connectivity index (χ4v) is 2.47. The minimum Gasteiger partial charge on any atom is -0.382 e. The molecule has 110 valence electrons. The molecule has 0 aliphatic rings. The number of carbonyl (C=O) groups excluding carboxylic acids is 2. The highest BCUT2D eigenvalue weighted by Crippen LogP contribution is 2.25. The van der Waals surface area contributed by atoms with Crippen LogP contribution in [-0.2, 0) is 0 Å². The summed E-state index contributed by atoms with van der Waals surface area (Å²) in [5, 5.41) is 6.30. The van der Waals surface area contributed by atoms with Crippen LogP contribution in [0.25, 0.3) is 0 Å². The standard InChI is InChI=1S/C13H15N5O2S/c1-2-16-13-18-10(14)9(21-13)12(20)17-8-5-3-7(4-6-8)11(15)19/h3-6H,2,14H2,1H3,(H2,15,19)(H,16,18)(H,17,20). The number of carbonyl (C=O) groups is 2. The Labute approximate surface area is 125 Å². The average molecular weight is 305 g/mol. The second kappa shape index (κ2) is 6.23. The largest absolute Gasteiger partial charge is 0.382 e. The Morgan fingerprint density at radius 1 is 1.29 bits per heavy atom. The first-order valence-corrected chi connectivity index (χ1v) is 7.04. The van der Waals surface area contributed by atoms with Gasteiger partial charge >= 0.3 is 0 Å². The Kier molecular flexibility index (Phi) is 4.39. The van der Waals surface area contributed by atoms with Crippen molar-refractivity contribution in [2.45, 2.75) is 6.92 Å². The molecule has 0 aliphatic heterocycles. The van der Waals surface area contributed by atoms with Crippen molar-refractivity contribution in [3.8, 4) is 0 Å². The molecule has 8 heteroatoms. The fraction of sp³-hybridized carbons (Fsp3) is 0.154. The Morgan fingerprint density at radius 3 is 2.52 bits per heavy atom. The molecule has 6 N–H and O–H groups in total. The van der Waals surface area contributed by atoms with Crippen molar-refractivity contribution in [3.05, 3.63) is 34.7 Å². The highest BCUT2D eigenvalue weighted by Gasteiger charge is 2.16. The molecule has 0 saturated heterocycles. The van der Waals surface area contributed by atoms with Gasteiger partial charge in [-0.3, -0.25) is 9.59 Å². The molecule has 0 aliphatic carbocycles. The third-order valence-electron chi connectivity index (χ3n) is 2.61. The van der Waals surface area contributed by atoms with Crippen molar-refractivity contribution < 1.29 is 9.59 Å². The molecule has 0 bridgehead atoms. The number of rotatable bonds is 5. The molecule has 1 heterocycles. The van der Waals surface area contributed by atoms with Crippen molar-refractivity contribution in [2.24, 2.45) is 5.73 Å². The van der Waals surface area contributed by atoms with E-state index in [0.717, 1.165) is 0 Å². The Bertz CT molecular complexity index is 666. The Balaban J connectivity index is 2.12. The van der Waals surface area contributed by atoms with E-state index in [-0.39, 0.29) is 11.7 Å². The predicted octanol–water partition coefficient (Wildman–Crippen LogP) is 1.51. The van der Waals surface area contributed by atoms with Crippen LogP contribution in [0, 0.1) is 0 Å². The minimum absolute atomic E-state index is 0.183. The number of nitrogen functional groups attached to an aromatic ring is 1. The van der Waals surface area contributed by atoms with E-state index in [1.807, 2.05) is 6.92 Å². The number of thiazole rings is 1. The number of nitrogens with two attached hydrogens (primary N) is 2. The van der Waals surface area contributed by atoms with E-state index in [4.69, 9.17) is 11.5 Å². The smallest absolute Gasteiger partial charge is 0.269 e. The van der Waals surface area contributed by atoms with E-state index in [1.165, 1.54) is 23.5 Å². The van der Waals surface area contributed by atoms with Crippen LogP contribution in [0.1, 0.15) is 27.0 Å². The summed E-state index contributed by atoms with van der Waals surface area (Å²) in [4.78, 5) is 27.5. The lowest BCUT2D eigenvalue weighted by Gasteiger charge is -2.04. The zero-order valence-electron chi connectivity index (χ0n) is 11.3. The molecule has 0 fully saturated rings. The van der Waals surface area contributed by atoms with E-state index in [9.17, 15) is 9.59 Å². The van der Waals surface area contributed by atoms with Crippen molar-refractivity contribution in [3.63, 3.8) is 0 Å². The van der Waals surface area contributed by atoms with Gasteiger partial charge in [0, 0.05) is 17.8 Å². The lowest BCUT2D eigenvalue weighted by molar-refractivity contribution is 0.0998. The van der Waals surface area contributed by atoms with Gasteiger partial charge in [0.15, 0.2) is 5.13 Å². The number of amides is 2. The molecule has 0 unspecified atom stereocenters. The molecule has 21 heavy (non-hydrogen) atoms. The maximum Gasteiger partial charge on any atom is 0.269 e. The second-order valence-corrected chi connectivity index (χ2v) is 5.16. The molecule has 0 radical (unpaired) electrons. The molecule has 1 aromatic carbocycles. The van der Waals surface area contributed by atoms with Gasteiger partial charge < -0.3 is 22.1 Å². The first-order valence-electron chi connectivity index (χ1n) is 6.22. The maximum absolute atomic E-state index is 12.1. The summed E-state index contributed by atoms with van der Waals surface area (Å²) < 4.78 is 0. The molecule has 2 rings (SSSR count). The van der Waals surface area contributed by atoms with Crippen molar-refractivity contribution >= 4 is 39.8 Å². The Morgan fingerprint density at radius 2 is 1.95 bits per heavy atom. The fourth-order valence-electron chi connectivity index (χ4n) is 1.63. The summed E-state index contributed by atoms with van der Waals surface area (Å²) in [5.41, 5.74) is 11.8. The number of benzene rings is 1. The van der Waals surface area contributed by atoms with E-state index in [0.29, 0.717) is 27.8 Å². The third-order valence-corrected chi connectivity index (χ3v) is 3.64. The van der Waals surface area contributed by atoms with Crippen LogP contribution in [0.5, 0.6) is 0 Å². The number of anilines is 3. The van der Waals surface area contributed by atoms with Crippen molar-refractivity contribution in [2.75, 3.05) is 22.9 Å². The SMILES string of the molecule is CCNc1nc(N)c(C(=O)Nc2ccc(C(N)=O)cc2)s1. The van der Waals surface area contributed by atoms with Crippen LogP contribution in [0.2, 0.25) is 0 Å². The van der Waals surface area contributed by atoms with Crippen molar-refractivity contribution in [1.29, 1.82) is 0 Å². The molecule has 0 saturated carbocycles. The average Bonchev–Trinajstić information content (AvgIpc) is 2.81. The summed E-state index contributed by atoms with van der Waals surface area (Å²) in [7, 11) is 0. The lowest BCUT2D eigenvalue weighted by Crippen LogP contribution is -2.13. The summed E-state index contributed by atoms with van der Waals surface area (Å²) in [6, 6.07) is 6.27. The predicted molar refractivity (Wildman–Crippen MR) is 83.6 cm³/mol. The number of hydrogen-bond acceptors (Lipinski definition) is 6. The van der Waals surface area contributed by atoms with Gasteiger partial charge in [0.05, 0.1) is 0 Å². The van der Waals surface area contributed by atoms with Gasteiger partial charge in [-0.2, -0.15) is 0 Å². The zero-order valence-corrected chi connectivity index (χ0v) is 12.2. The normalized spacial score (nSPS) is 10.1. The van der Waals surface area contributed by atoms with Gasteiger partial charge in [0.25, 0.3) is 5.91 Å². The summed E-state index contributed by atoms with van der Waals surface area (Å²) >= 11 is 1.19. The molecule has 2 aromatic rings.